The fourth-order valence-electron chi connectivity index (χ4n) is 3.01. The van der Waals surface area contributed by atoms with E-state index in [1.165, 1.54) is 42.5 Å². The second-order valence-corrected chi connectivity index (χ2v) is 13.8. The van der Waals surface area contributed by atoms with Crippen molar-refractivity contribution in [3.8, 4) is 10.6 Å². The maximum absolute atomic E-state index is 13.7. The Balaban J connectivity index is 2.17. The van der Waals surface area contributed by atoms with Crippen LogP contribution in [-0.2, 0) is 19.8 Å². The smallest absolute Gasteiger partial charge is 0.225 e. The van der Waals surface area contributed by atoms with E-state index in [1.807, 2.05) is 6.92 Å². The molecule has 9 heteroatoms. The lowest BCUT2D eigenvalue weighted by Gasteiger charge is -2.18. The predicted octanol–water partition coefficient (Wildman–Crippen LogP) is 5.63. The van der Waals surface area contributed by atoms with Crippen LogP contribution < -0.4 is 0 Å². The van der Waals surface area contributed by atoms with Crippen LogP contribution in [0, 0.1) is 5.82 Å². The van der Waals surface area contributed by atoms with E-state index in [0.29, 0.717) is 21.3 Å². The summed E-state index contributed by atoms with van der Waals surface area (Å²) in [4.78, 5) is 4.37. The predicted molar refractivity (Wildman–Crippen MR) is 123 cm³/mol. The maximum atomic E-state index is 13.7. The molecule has 0 bridgehead atoms. The first-order valence-corrected chi connectivity index (χ1v) is 14.5. The average Bonchev–Trinajstić information content (AvgIpc) is 3.16. The fraction of sp³-hybridized carbons (Fsp3) is 0.286. The summed E-state index contributed by atoms with van der Waals surface area (Å²) in [5.74, 6) is -0.0524. The first kappa shape index (κ1) is 23.1. The number of sulfone groups is 1. The number of thiol groups is 1. The average molecular weight is 488 g/mol. The first-order chi connectivity index (χ1) is 14.1. The molecule has 162 valence electrons. The molecule has 4 nitrogen and oxygen atoms in total. The van der Waals surface area contributed by atoms with Crippen molar-refractivity contribution in [3.63, 3.8) is 0 Å². The molecule has 0 radical (unpaired) electrons. The molecular weight excluding hydrogens is 465 g/mol. The van der Waals surface area contributed by atoms with Crippen molar-refractivity contribution in [3.05, 3.63) is 59.4 Å². The van der Waals surface area contributed by atoms with E-state index in [9.17, 15) is 17.0 Å². The van der Waals surface area contributed by atoms with Crippen LogP contribution in [0.5, 0.6) is 0 Å². The van der Waals surface area contributed by atoms with Gasteiger partial charge < -0.3 is 0 Å². The number of unbranched alkanes of at least 4 members (excludes halogenated alkanes) is 2. The standard InChI is InChI=1S/C21H23ClFNO3S3/c1-3-4-5-13-29(2,25)21-20(30(26,27)18-11-9-16(22)10-12-18)24-19(28-21)15-7-6-8-17(23)14-15/h6-12,14,29H,3-5,13H2,1-2H3. The molecule has 0 atom stereocenters. The number of nitrogens with zero attached hydrogens (tertiary/aromatic N) is 1. The second-order valence-electron chi connectivity index (χ2n) is 7.13. The van der Waals surface area contributed by atoms with Crippen LogP contribution in [0.2, 0.25) is 5.02 Å². The monoisotopic (exact) mass is 487 g/mol. The van der Waals surface area contributed by atoms with Crippen molar-refractivity contribution in [2.24, 2.45) is 0 Å². The quantitative estimate of drug-likeness (QED) is 0.330. The third kappa shape index (κ3) is 4.99. The highest BCUT2D eigenvalue weighted by atomic mass is 35.5. The second kappa shape index (κ2) is 9.26. The zero-order valence-corrected chi connectivity index (χ0v) is 19.9. The van der Waals surface area contributed by atoms with E-state index in [1.54, 1.807) is 12.3 Å². The third-order valence-electron chi connectivity index (χ3n) is 4.65. The topological polar surface area (TPSA) is 64.1 Å². The van der Waals surface area contributed by atoms with E-state index < -0.39 is 25.6 Å². The van der Waals surface area contributed by atoms with Gasteiger partial charge in [-0.3, -0.25) is 4.21 Å². The van der Waals surface area contributed by atoms with Gasteiger partial charge in [0.1, 0.15) is 15.0 Å². The highest BCUT2D eigenvalue weighted by Gasteiger charge is 2.31. The van der Waals surface area contributed by atoms with Crippen molar-refractivity contribution >= 4 is 42.7 Å². The zero-order chi connectivity index (χ0) is 21.9. The molecule has 1 heterocycles. The number of aromatic nitrogens is 1. The molecule has 2 aromatic carbocycles. The molecule has 3 aromatic rings. The molecule has 0 saturated heterocycles. The minimum Gasteiger partial charge on any atom is -0.280 e. The molecule has 0 aliphatic heterocycles. The Bertz CT molecular complexity index is 1190. The normalized spacial score (nSPS) is 12.8. The number of thiazole rings is 1. The van der Waals surface area contributed by atoms with Crippen molar-refractivity contribution in [2.75, 3.05) is 12.0 Å². The van der Waals surface area contributed by atoms with Crippen molar-refractivity contribution in [1.29, 1.82) is 0 Å². The van der Waals surface area contributed by atoms with Gasteiger partial charge >= 0.3 is 0 Å². The molecule has 1 aromatic heterocycles. The summed E-state index contributed by atoms with van der Waals surface area (Å²) in [6, 6.07) is 11.6. The van der Waals surface area contributed by atoms with Gasteiger partial charge in [0.05, 0.1) is 4.90 Å². The van der Waals surface area contributed by atoms with E-state index in [4.69, 9.17) is 11.6 Å². The van der Waals surface area contributed by atoms with Crippen molar-refractivity contribution in [2.45, 2.75) is 40.3 Å². The minimum atomic E-state index is -4.02. The molecule has 3 rings (SSSR count). The number of hydrogen-bond acceptors (Lipinski definition) is 5. The van der Waals surface area contributed by atoms with E-state index in [2.05, 4.69) is 4.98 Å². The molecule has 0 amide bonds. The van der Waals surface area contributed by atoms with Gasteiger partial charge in [-0.25, -0.2) is 17.8 Å². The number of halogens is 2. The molecule has 0 fully saturated rings. The number of hydrogen-bond donors (Lipinski definition) is 1. The van der Waals surface area contributed by atoms with Gasteiger partial charge in [-0.1, -0.05) is 53.4 Å². The van der Waals surface area contributed by atoms with Crippen molar-refractivity contribution < 1.29 is 17.0 Å². The highest BCUT2D eigenvalue weighted by molar-refractivity contribution is 8.04. The van der Waals surface area contributed by atoms with Gasteiger partial charge in [0.25, 0.3) is 0 Å². The SMILES string of the molecule is CCCCC[SH](C)(=O)c1sc(-c2cccc(F)c2)nc1S(=O)(=O)c1ccc(Cl)cc1. The molecule has 30 heavy (non-hydrogen) atoms. The summed E-state index contributed by atoms with van der Waals surface area (Å²) in [5.41, 5.74) is 0.451. The summed E-state index contributed by atoms with van der Waals surface area (Å²) < 4.78 is 54.3. The van der Waals surface area contributed by atoms with Crippen LogP contribution in [0.1, 0.15) is 26.2 Å². The number of rotatable bonds is 8. The zero-order valence-electron chi connectivity index (χ0n) is 16.6. The molecule has 0 spiro atoms. The lowest BCUT2D eigenvalue weighted by molar-refractivity contribution is 0.590. The Hall–Kier alpha value is -1.61. The van der Waals surface area contributed by atoms with E-state index >= 15 is 0 Å². The van der Waals surface area contributed by atoms with Crippen molar-refractivity contribution in [1.82, 2.24) is 4.98 Å². The maximum Gasteiger partial charge on any atom is 0.225 e. The molecule has 0 saturated carbocycles. The Morgan fingerprint density at radius 3 is 2.47 bits per heavy atom. The van der Waals surface area contributed by atoms with Gasteiger partial charge in [0.15, 0.2) is 5.03 Å². The Morgan fingerprint density at radius 1 is 1.13 bits per heavy atom. The highest BCUT2D eigenvalue weighted by Crippen LogP contribution is 2.39. The Kier molecular flexibility index (Phi) is 7.12. The summed E-state index contributed by atoms with van der Waals surface area (Å²) in [6.45, 7) is 2.05. The van der Waals surface area contributed by atoms with E-state index in [0.717, 1.165) is 30.6 Å². The van der Waals surface area contributed by atoms with Crippen LogP contribution in [-0.4, -0.2) is 29.6 Å². The van der Waals surface area contributed by atoms with Gasteiger partial charge in [0.2, 0.25) is 9.84 Å². The van der Waals surface area contributed by atoms with Crippen LogP contribution in [0.15, 0.2) is 62.7 Å². The third-order valence-corrected chi connectivity index (χ3v) is 11.5. The molecule has 0 N–H and O–H groups in total. The summed E-state index contributed by atoms with van der Waals surface area (Å²) in [7, 11) is -7.02. The Labute approximate surface area is 186 Å². The molecular formula is C21H23ClFNO3S3. The summed E-state index contributed by atoms with van der Waals surface area (Å²) in [5, 5.41) is 0.527. The molecule has 0 unspecified atom stereocenters. The van der Waals surface area contributed by atoms with Gasteiger partial charge in [-0.15, -0.1) is 11.3 Å². The van der Waals surface area contributed by atoms with Gasteiger partial charge in [0, 0.05) is 16.3 Å². The largest absolute Gasteiger partial charge is 0.280 e. The minimum absolute atomic E-state index is 0.0257. The lowest BCUT2D eigenvalue weighted by atomic mass is 10.2. The van der Waals surface area contributed by atoms with Crippen LogP contribution >= 0.6 is 22.9 Å². The fourth-order valence-corrected chi connectivity index (χ4v) is 9.23. The Morgan fingerprint density at radius 2 is 1.83 bits per heavy atom. The lowest BCUT2D eigenvalue weighted by Crippen LogP contribution is -2.17. The van der Waals surface area contributed by atoms with Crippen LogP contribution in [0.25, 0.3) is 10.6 Å². The summed E-state index contributed by atoms with van der Waals surface area (Å²) >= 11 is 6.96. The van der Waals surface area contributed by atoms with Gasteiger partial charge in [-0.05, 0) is 49.1 Å². The summed E-state index contributed by atoms with van der Waals surface area (Å²) in [6.07, 6.45) is 4.21. The number of benzene rings is 2. The van der Waals surface area contributed by atoms with Crippen LogP contribution in [0.3, 0.4) is 0 Å². The molecule has 0 aliphatic rings. The van der Waals surface area contributed by atoms with Gasteiger partial charge in [-0.2, -0.15) is 0 Å². The van der Waals surface area contributed by atoms with E-state index in [-0.39, 0.29) is 14.1 Å². The first-order valence-electron chi connectivity index (χ1n) is 9.49. The molecule has 0 aliphatic carbocycles. The van der Waals surface area contributed by atoms with Crippen LogP contribution in [0.4, 0.5) is 4.39 Å².